The molecule has 0 aromatic heterocycles. The number of ether oxygens (including phenoxy) is 3. The molecule has 0 saturated heterocycles. The van der Waals surface area contributed by atoms with Gasteiger partial charge in [-0.15, -0.1) is 0 Å². The van der Waals surface area contributed by atoms with Crippen LogP contribution in [-0.2, 0) is 19.4 Å². The van der Waals surface area contributed by atoms with Gasteiger partial charge in [0.15, 0.2) is 11.5 Å². The Balaban J connectivity index is 1.57. The molecule has 2 aromatic carbocycles. The Hall–Kier alpha value is -2.40. The van der Waals surface area contributed by atoms with Crippen molar-refractivity contribution in [3.63, 3.8) is 0 Å². The fourth-order valence-corrected chi connectivity index (χ4v) is 4.47. The molecular formula is C20H22N2O3. The molecule has 5 heteroatoms. The van der Waals surface area contributed by atoms with E-state index in [1.165, 1.54) is 22.3 Å². The molecule has 0 fully saturated rings. The lowest BCUT2D eigenvalue weighted by atomic mass is 9.83. The van der Waals surface area contributed by atoms with Crippen molar-refractivity contribution in [1.82, 2.24) is 4.90 Å². The van der Waals surface area contributed by atoms with Crippen LogP contribution in [0.3, 0.4) is 0 Å². The predicted molar refractivity (Wildman–Crippen MR) is 95.7 cm³/mol. The summed E-state index contributed by atoms with van der Waals surface area (Å²) in [6.07, 6.45) is 2.07. The molecule has 0 spiro atoms. The summed E-state index contributed by atoms with van der Waals surface area (Å²) in [7, 11) is 3.70. The van der Waals surface area contributed by atoms with Crippen molar-refractivity contribution in [2.24, 2.45) is 0 Å². The molecule has 0 radical (unpaired) electrons. The summed E-state index contributed by atoms with van der Waals surface area (Å²) in [6, 6.07) is 9.07. The van der Waals surface area contributed by atoms with Crippen LogP contribution in [0.1, 0.15) is 28.3 Å². The molecule has 1 atom stereocenters. The van der Waals surface area contributed by atoms with Crippen molar-refractivity contribution >= 4 is 5.69 Å². The van der Waals surface area contributed by atoms with E-state index in [0.717, 1.165) is 48.9 Å². The minimum absolute atomic E-state index is 0.334. The van der Waals surface area contributed by atoms with E-state index in [-0.39, 0.29) is 0 Å². The first kappa shape index (κ1) is 14.9. The van der Waals surface area contributed by atoms with Crippen LogP contribution in [0.5, 0.6) is 17.2 Å². The van der Waals surface area contributed by atoms with Crippen LogP contribution in [0.2, 0.25) is 0 Å². The number of anilines is 1. The molecule has 3 aliphatic rings. The average Bonchev–Trinajstić information content (AvgIpc) is 3.11. The maximum atomic E-state index is 5.61. The maximum absolute atomic E-state index is 5.61. The van der Waals surface area contributed by atoms with E-state index < -0.39 is 0 Å². The largest absolute Gasteiger partial charge is 0.495 e. The highest BCUT2D eigenvalue weighted by molar-refractivity contribution is 5.65. The Kier molecular flexibility index (Phi) is 3.31. The summed E-state index contributed by atoms with van der Waals surface area (Å²) in [5.41, 5.74) is 6.67. The molecule has 0 saturated carbocycles. The first-order chi connectivity index (χ1) is 12.3. The van der Waals surface area contributed by atoms with Crippen molar-refractivity contribution in [3.8, 4) is 17.2 Å². The Bertz CT molecular complexity index is 849. The quantitative estimate of drug-likeness (QED) is 0.911. The van der Waals surface area contributed by atoms with Crippen molar-refractivity contribution in [1.29, 1.82) is 0 Å². The van der Waals surface area contributed by atoms with E-state index in [1.54, 1.807) is 7.11 Å². The summed E-state index contributed by atoms with van der Waals surface area (Å²) >= 11 is 0. The van der Waals surface area contributed by atoms with Crippen molar-refractivity contribution in [2.45, 2.75) is 25.4 Å². The monoisotopic (exact) mass is 338 g/mol. The number of hydrogen-bond acceptors (Lipinski definition) is 5. The predicted octanol–water partition coefficient (Wildman–Crippen LogP) is 3.12. The molecule has 0 aliphatic carbocycles. The highest BCUT2D eigenvalue weighted by atomic mass is 16.7. The van der Waals surface area contributed by atoms with Crippen molar-refractivity contribution < 1.29 is 14.2 Å². The molecular weight excluding hydrogens is 316 g/mol. The normalized spacial score (nSPS) is 20.5. The molecule has 130 valence electrons. The molecule has 0 bridgehead atoms. The summed E-state index contributed by atoms with van der Waals surface area (Å²) in [4.78, 5) is 2.58. The third kappa shape index (κ3) is 2.19. The van der Waals surface area contributed by atoms with Gasteiger partial charge in [-0.05, 0) is 53.3 Å². The fraction of sp³-hybridized carbons (Fsp3) is 0.400. The lowest BCUT2D eigenvalue weighted by Gasteiger charge is -2.42. The molecule has 3 heterocycles. The molecule has 5 rings (SSSR count). The van der Waals surface area contributed by atoms with Crippen molar-refractivity contribution in [2.75, 3.05) is 32.8 Å². The SMILES string of the molecule is CNc1c(OC)ccc2c1CN1CCc3cc4c(cc3C1C2)OCO4. The van der Waals surface area contributed by atoms with Crippen LogP contribution in [0, 0.1) is 0 Å². The Morgan fingerprint density at radius 3 is 2.80 bits per heavy atom. The summed E-state index contributed by atoms with van der Waals surface area (Å²) < 4.78 is 16.7. The third-order valence-electron chi connectivity index (χ3n) is 5.72. The Morgan fingerprint density at radius 2 is 2.00 bits per heavy atom. The second-order valence-electron chi connectivity index (χ2n) is 6.88. The van der Waals surface area contributed by atoms with E-state index in [9.17, 15) is 0 Å². The standard InChI is InChI=1S/C20H22N2O3/c1-21-20-15-10-22-6-5-13-8-18-19(25-11-24-18)9-14(13)16(22)7-12(15)3-4-17(20)23-2/h3-4,8-9,16,21H,5-7,10-11H2,1-2H3. The third-order valence-corrected chi connectivity index (χ3v) is 5.72. The van der Waals surface area contributed by atoms with Crippen LogP contribution in [0.15, 0.2) is 24.3 Å². The van der Waals surface area contributed by atoms with Gasteiger partial charge in [0.1, 0.15) is 5.75 Å². The highest BCUT2D eigenvalue weighted by Crippen LogP contribution is 2.45. The number of nitrogens with one attached hydrogen (secondary N) is 1. The number of hydrogen-bond donors (Lipinski definition) is 1. The van der Waals surface area contributed by atoms with Crippen LogP contribution in [-0.4, -0.2) is 32.4 Å². The fourth-order valence-electron chi connectivity index (χ4n) is 4.47. The summed E-state index contributed by atoms with van der Waals surface area (Å²) in [6.45, 7) is 2.35. The van der Waals surface area contributed by atoms with Gasteiger partial charge in [-0.2, -0.15) is 0 Å². The van der Waals surface area contributed by atoms with Crippen LogP contribution >= 0.6 is 0 Å². The molecule has 3 aliphatic heterocycles. The summed E-state index contributed by atoms with van der Waals surface area (Å²) in [5.74, 6) is 2.70. The topological polar surface area (TPSA) is 43.0 Å². The number of nitrogens with zero attached hydrogens (tertiary/aromatic N) is 1. The molecule has 25 heavy (non-hydrogen) atoms. The van der Waals surface area contributed by atoms with Crippen LogP contribution in [0.25, 0.3) is 0 Å². The minimum atomic E-state index is 0.334. The number of methoxy groups -OCH3 is 1. The van der Waals surface area contributed by atoms with Gasteiger partial charge in [-0.3, -0.25) is 4.90 Å². The molecule has 2 aromatic rings. The number of fused-ring (bicyclic) bond motifs is 5. The van der Waals surface area contributed by atoms with E-state index in [4.69, 9.17) is 14.2 Å². The minimum Gasteiger partial charge on any atom is -0.495 e. The van der Waals surface area contributed by atoms with Gasteiger partial charge in [-0.1, -0.05) is 6.07 Å². The second kappa shape index (κ2) is 5.56. The smallest absolute Gasteiger partial charge is 0.231 e. The lowest BCUT2D eigenvalue weighted by molar-refractivity contribution is 0.161. The van der Waals surface area contributed by atoms with Gasteiger partial charge in [-0.25, -0.2) is 0 Å². The highest BCUT2D eigenvalue weighted by Gasteiger charge is 2.35. The number of benzene rings is 2. The van der Waals surface area contributed by atoms with Gasteiger partial charge in [0.05, 0.1) is 12.8 Å². The molecule has 0 amide bonds. The summed E-state index contributed by atoms with van der Waals surface area (Å²) in [5, 5.41) is 3.34. The molecule has 1 N–H and O–H groups in total. The first-order valence-electron chi connectivity index (χ1n) is 8.81. The molecule has 1 unspecified atom stereocenters. The van der Waals surface area contributed by atoms with Gasteiger partial charge in [0.2, 0.25) is 6.79 Å². The zero-order chi connectivity index (χ0) is 17.0. The van der Waals surface area contributed by atoms with Gasteiger partial charge in [0, 0.05) is 26.2 Å². The van der Waals surface area contributed by atoms with E-state index in [2.05, 4.69) is 34.5 Å². The van der Waals surface area contributed by atoms with E-state index >= 15 is 0 Å². The Labute approximate surface area is 147 Å². The Morgan fingerprint density at radius 1 is 1.16 bits per heavy atom. The van der Waals surface area contributed by atoms with Crippen LogP contribution < -0.4 is 19.5 Å². The van der Waals surface area contributed by atoms with E-state index in [1.807, 2.05) is 7.05 Å². The van der Waals surface area contributed by atoms with Gasteiger partial charge < -0.3 is 19.5 Å². The first-order valence-corrected chi connectivity index (χ1v) is 8.81. The molecule has 5 nitrogen and oxygen atoms in total. The van der Waals surface area contributed by atoms with Gasteiger partial charge >= 0.3 is 0 Å². The van der Waals surface area contributed by atoms with Crippen molar-refractivity contribution in [3.05, 3.63) is 46.5 Å². The second-order valence-corrected chi connectivity index (χ2v) is 6.88. The van der Waals surface area contributed by atoms with Crippen LogP contribution in [0.4, 0.5) is 5.69 Å². The zero-order valence-electron chi connectivity index (χ0n) is 14.6. The maximum Gasteiger partial charge on any atom is 0.231 e. The van der Waals surface area contributed by atoms with E-state index in [0.29, 0.717) is 12.8 Å². The number of rotatable bonds is 2. The lowest BCUT2D eigenvalue weighted by Crippen LogP contribution is -2.39. The zero-order valence-corrected chi connectivity index (χ0v) is 14.6. The van der Waals surface area contributed by atoms with Gasteiger partial charge in [0.25, 0.3) is 0 Å². The average molecular weight is 338 g/mol.